The molecule has 0 aromatic heterocycles. The van der Waals surface area contributed by atoms with Gasteiger partial charge < -0.3 is 5.11 Å². The van der Waals surface area contributed by atoms with Crippen LogP contribution in [0.25, 0.3) is 0 Å². The van der Waals surface area contributed by atoms with E-state index in [2.05, 4.69) is 20.8 Å². The number of hydrogen-bond acceptors (Lipinski definition) is 2. The molecule has 1 atom stereocenters. The summed E-state index contributed by atoms with van der Waals surface area (Å²) in [5.41, 5.74) is 0. The number of rotatable bonds is 7. The van der Waals surface area contributed by atoms with E-state index in [1.54, 1.807) is 0 Å². The highest BCUT2D eigenvalue weighted by Crippen LogP contribution is 2.13. The summed E-state index contributed by atoms with van der Waals surface area (Å²) in [7, 11) is 0. The monoisotopic (exact) mass is 190 g/mol. The first-order valence-electron chi connectivity index (χ1n) is 4.96. The normalized spacial score (nSPS) is 13.8. The van der Waals surface area contributed by atoms with E-state index < -0.39 is 0 Å². The summed E-state index contributed by atoms with van der Waals surface area (Å²) in [5.74, 6) is 0.904. The molecule has 0 spiro atoms. The fourth-order valence-corrected chi connectivity index (χ4v) is 1.79. The molecular weight excluding hydrogens is 168 g/mol. The van der Waals surface area contributed by atoms with Crippen molar-refractivity contribution in [3.63, 3.8) is 0 Å². The van der Waals surface area contributed by atoms with Crippen molar-refractivity contribution in [2.45, 2.75) is 57.8 Å². The SMILES string of the molecule is CCCCCC(O)CSC(C)C. The van der Waals surface area contributed by atoms with E-state index in [9.17, 15) is 5.11 Å². The predicted octanol–water partition coefficient (Wildman–Crippen LogP) is 3.07. The van der Waals surface area contributed by atoms with Crippen molar-refractivity contribution >= 4 is 11.8 Å². The van der Waals surface area contributed by atoms with Crippen molar-refractivity contribution in [2.75, 3.05) is 5.75 Å². The molecule has 0 fully saturated rings. The topological polar surface area (TPSA) is 20.2 Å². The Morgan fingerprint density at radius 2 is 1.92 bits per heavy atom. The molecule has 0 aliphatic carbocycles. The third-order valence-corrected chi connectivity index (χ3v) is 3.01. The fourth-order valence-electron chi connectivity index (χ4n) is 1.02. The molecule has 0 heterocycles. The molecule has 2 heteroatoms. The molecule has 0 aliphatic rings. The van der Waals surface area contributed by atoms with E-state index in [0.717, 1.165) is 12.2 Å². The van der Waals surface area contributed by atoms with Gasteiger partial charge in [0.25, 0.3) is 0 Å². The van der Waals surface area contributed by atoms with Gasteiger partial charge in [0.1, 0.15) is 0 Å². The lowest BCUT2D eigenvalue weighted by atomic mass is 10.1. The minimum atomic E-state index is -0.0797. The Hall–Kier alpha value is 0.310. The molecule has 12 heavy (non-hydrogen) atoms. The van der Waals surface area contributed by atoms with E-state index in [4.69, 9.17) is 0 Å². The lowest BCUT2D eigenvalue weighted by Gasteiger charge is -2.11. The maximum atomic E-state index is 9.50. The van der Waals surface area contributed by atoms with Gasteiger partial charge in [0.05, 0.1) is 6.10 Å². The molecule has 1 unspecified atom stereocenters. The lowest BCUT2D eigenvalue weighted by Crippen LogP contribution is -2.11. The van der Waals surface area contributed by atoms with Gasteiger partial charge in [-0.3, -0.25) is 0 Å². The highest BCUT2D eigenvalue weighted by molar-refractivity contribution is 7.99. The zero-order chi connectivity index (χ0) is 9.40. The zero-order valence-electron chi connectivity index (χ0n) is 8.55. The second-order valence-corrected chi connectivity index (χ2v) is 5.14. The number of aliphatic hydroxyl groups excluding tert-OH is 1. The van der Waals surface area contributed by atoms with E-state index >= 15 is 0 Å². The number of unbranched alkanes of at least 4 members (excludes halogenated alkanes) is 2. The van der Waals surface area contributed by atoms with Crippen LogP contribution >= 0.6 is 11.8 Å². The summed E-state index contributed by atoms with van der Waals surface area (Å²) < 4.78 is 0. The Morgan fingerprint density at radius 1 is 1.25 bits per heavy atom. The van der Waals surface area contributed by atoms with Crippen LogP contribution in [0.4, 0.5) is 0 Å². The van der Waals surface area contributed by atoms with Crippen LogP contribution in [0.15, 0.2) is 0 Å². The molecule has 74 valence electrons. The standard InChI is InChI=1S/C10H22OS/c1-4-5-6-7-10(11)8-12-9(2)3/h9-11H,4-8H2,1-3H3. The molecule has 0 rings (SSSR count). The van der Waals surface area contributed by atoms with Crippen LogP contribution in [-0.2, 0) is 0 Å². The molecule has 0 aliphatic heterocycles. The van der Waals surface area contributed by atoms with E-state index in [1.807, 2.05) is 11.8 Å². The smallest absolute Gasteiger partial charge is 0.0630 e. The molecule has 1 N–H and O–H groups in total. The van der Waals surface area contributed by atoms with Crippen molar-refractivity contribution in [1.82, 2.24) is 0 Å². The van der Waals surface area contributed by atoms with Crippen LogP contribution in [0, 0.1) is 0 Å². The van der Waals surface area contributed by atoms with Gasteiger partial charge in [-0.25, -0.2) is 0 Å². The maximum Gasteiger partial charge on any atom is 0.0630 e. The fraction of sp³-hybridized carbons (Fsp3) is 1.00. The summed E-state index contributed by atoms with van der Waals surface area (Å²) in [6.45, 7) is 6.53. The summed E-state index contributed by atoms with van der Waals surface area (Å²) in [5, 5.41) is 10.1. The molecule has 0 aromatic carbocycles. The van der Waals surface area contributed by atoms with Gasteiger partial charge in [-0.05, 0) is 11.7 Å². The highest BCUT2D eigenvalue weighted by Gasteiger charge is 2.04. The van der Waals surface area contributed by atoms with Crippen LogP contribution < -0.4 is 0 Å². The molecule has 0 amide bonds. The Labute approximate surface area is 80.9 Å². The lowest BCUT2D eigenvalue weighted by molar-refractivity contribution is 0.185. The Balaban J connectivity index is 3.15. The highest BCUT2D eigenvalue weighted by atomic mass is 32.2. The predicted molar refractivity (Wildman–Crippen MR) is 57.7 cm³/mol. The van der Waals surface area contributed by atoms with E-state index in [-0.39, 0.29) is 6.10 Å². The zero-order valence-corrected chi connectivity index (χ0v) is 9.36. The summed E-state index contributed by atoms with van der Waals surface area (Å²) >= 11 is 1.85. The van der Waals surface area contributed by atoms with Crippen molar-refractivity contribution in [3.8, 4) is 0 Å². The maximum absolute atomic E-state index is 9.50. The molecule has 0 saturated heterocycles. The quantitative estimate of drug-likeness (QED) is 0.623. The van der Waals surface area contributed by atoms with Crippen LogP contribution in [0.2, 0.25) is 0 Å². The first-order chi connectivity index (χ1) is 5.66. The Morgan fingerprint density at radius 3 is 2.42 bits per heavy atom. The summed E-state index contributed by atoms with van der Waals surface area (Å²) in [4.78, 5) is 0. The summed E-state index contributed by atoms with van der Waals surface area (Å²) in [6, 6.07) is 0. The van der Waals surface area contributed by atoms with Crippen molar-refractivity contribution < 1.29 is 5.11 Å². The third kappa shape index (κ3) is 8.41. The van der Waals surface area contributed by atoms with Crippen molar-refractivity contribution in [1.29, 1.82) is 0 Å². The minimum Gasteiger partial charge on any atom is -0.392 e. The van der Waals surface area contributed by atoms with E-state index in [1.165, 1.54) is 19.3 Å². The average molecular weight is 190 g/mol. The van der Waals surface area contributed by atoms with Crippen LogP contribution in [0.1, 0.15) is 46.5 Å². The second-order valence-electron chi connectivity index (χ2n) is 3.53. The molecule has 0 aromatic rings. The third-order valence-electron chi connectivity index (χ3n) is 1.76. The van der Waals surface area contributed by atoms with Crippen LogP contribution in [0.5, 0.6) is 0 Å². The van der Waals surface area contributed by atoms with Crippen molar-refractivity contribution in [2.24, 2.45) is 0 Å². The van der Waals surface area contributed by atoms with Crippen molar-refractivity contribution in [3.05, 3.63) is 0 Å². The van der Waals surface area contributed by atoms with Crippen LogP contribution in [-0.4, -0.2) is 22.2 Å². The average Bonchev–Trinajstić information content (AvgIpc) is 2.01. The van der Waals surface area contributed by atoms with Gasteiger partial charge in [-0.2, -0.15) is 11.8 Å². The molecule has 0 radical (unpaired) electrons. The number of hydrogen-bond donors (Lipinski definition) is 1. The largest absolute Gasteiger partial charge is 0.392 e. The minimum absolute atomic E-state index is 0.0797. The van der Waals surface area contributed by atoms with Gasteiger partial charge in [-0.1, -0.05) is 40.0 Å². The Bertz CT molecular complexity index is 93.8. The summed E-state index contributed by atoms with van der Waals surface area (Å²) in [6.07, 6.45) is 4.57. The van der Waals surface area contributed by atoms with Crippen LogP contribution in [0.3, 0.4) is 0 Å². The number of thioether (sulfide) groups is 1. The van der Waals surface area contributed by atoms with Gasteiger partial charge in [-0.15, -0.1) is 0 Å². The van der Waals surface area contributed by atoms with Gasteiger partial charge >= 0.3 is 0 Å². The first-order valence-corrected chi connectivity index (χ1v) is 6.01. The molecule has 0 saturated carbocycles. The van der Waals surface area contributed by atoms with E-state index in [0.29, 0.717) is 5.25 Å². The van der Waals surface area contributed by atoms with Gasteiger partial charge in [0.15, 0.2) is 0 Å². The Kier molecular flexibility index (Phi) is 8.14. The second kappa shape index (κ2) is 7.93. The molecule has 1 nitrogen and oxygen atoms in total. The van der Waals surface area contributed by atoms with Gasteiger partial charge in [0.2, 0.25) is 0 Å². The van der Waals surface area contributed by atoms with Gasteiger partial charge in [0, 0.05) is 5.75 Å². The number of aliphatic hydroxyl groups is 1. The first kappa shape index (κ1) is 12.3. The molecule has 0 bridgehead atoms. The molecular formula is C10H22OS.